The van der Waals surface area contributed by atoms with Gasteiger partial charge in [-0.25, -0.2) is 4.79 Å². The minimum Gasteiger partial charge on any atom is -0.478 e. The van der Waals surface area contributed by atoms with E-state index in [4.69, 9.17) is 15.6 Å². The van der Waals surface area contributed by atoms with E-state index >= 15 is 0 Å². The molecule has 0 aliphatic rings. The van der Waals surface area contributed by atoms with E-state index in [1.54, 1.807) is 18.2 Å². The molecule has 0 saturated carbocycles. The fourth-order valence-electron chi connectivity index (χ4n) is 1.95. The highest BCUT2D eigenvalue weighted by molar-refractivity contribution is 5.95. The number of aromatic carboxylic acids is 1. The van der Waals surface area contributed by atoms with Crippen molar-refractivity contribution in [2.75, 3.05) is 12.3 Å². The molecule has 0 radical (unpaired) electrons. The first-order valence-electron chi connectivity index (χ1n) is 6.24. The SMILES string of the molecule is CCCC(C)COCc1cccc(N)c1C(=O)O. The molecule has 1 aromatic rings. The Balaban J connectivity index is 2.62. The van der Waals surface area contributed by atoms with Crippen LogP contribution in [-0.4, -0.2) is 17.7 Å². The van der Waals surface area contributed by atoms with Crippen LogP contribution in [-0.2, 0) is 11.3 Å². The predicted octanol–water partition coefficient (Wildman–Crippen LogP) is 2.92. The lowest BCUT2D eigenvalue weighted by Gasteiger charge is -2.12. The Kier molecular flexibility index (Phi) is 5.65. The van der Waals surface area contributed by atoms with E-state index < -0.39 is 5.97 Å². The molecule has 100 valence electrons. The molecule has 0 heterocycles. The molecule has 18 heavy (non-hydrogen) atoms. The van der Waals surface area contributed by atoms with E-state index in [0.717, 1.165) is 12.8 Å². The molecule has 0 aromatic heterocycles. The Morgan fingerprint density at radius 2 is 2.22 bits per heavy atom. The number of nitrogen functional groups attached to an aromatic ring is 1. The van der Waals surface area contributed by atoms with Crippen molar-refractivity contribution in [2.24, 2.45) is 5.92 Å². The maximum absolute atomic E-state index is 11.1. The standard InChI is InChI=1S/C14H21NO3/c1-3-5-10(2)8-18-9-11-6-4-7-12(15)13(11)14(16)17/h4,6-7,10H,3,5,8-9,15H2,1-2H3,(H,16,17). The van der Waals surface area contributed by atoms with Crippen LogP contribution in [0.3, 0.4) is 0 Å². The quantitative estimate of drug-likeness (QED) is 0.731. The Hall–Kier alpha value is -1.55. The third-order valence-corrected chi connectivity index (χ3v) is 2.84. The molecule has 0 bridgehead atoms. The van der Waals surface area contributed by atoms with Gasteiger partial charge in [-0.05, 0) is 24.0 Å². The zero-order valence-corrected chi connectivity index (χ0v) is 11.0. The van der Waals surface area contributed by atoms with Crippen LogP contribution in [0.15, 0.2) is 18.2 Å². The van der Waals surface area contributed by atoms with Gasteiger partial charge in [0.1, 0.15) is 0 Å². The van der Waals surface area contributed by atoms with Gasteiger partial charge in [-0.3, -0.25) is 0 Å². The van der Waals surface area contributed by atoms with Crippen LogP contribution in [0.1, 0.15) is 42.6 Å². The first-order chi connectivity index (χ1) is 8.56. The van der Waals surface area contributed by atoms with Crippen LogP contribution >= 0.6 is 0 Å². The summed E-state index contributed by atoms with van der Waals surface area (Å²) in [6, 6.07) is 5.08. The Morgan fingerprint density at radius 1 is 1.50 bits per heavy atom. The summed E-state index contributed by atoms with van der Waals surface area (Å²) >= 11 is 0. The number of rotatable bonds is 7. The number of ether oxygens (including phenoxy) is 1. The monoisotopic (exact) mass is 251 g/mol. The molecule has 0 spiro atoms. The summed E-state index contributed by atoms with van der Waals surface area (Å²) in [7, 11) is 0. The molecule has 1 unspecified atom stereocenters. The van der Waals surface area contributed by atoms with E-state index in [1.807, 2.05) is 0 Å². The van der Waals surface area contributed by atoms with Crippen molar-refractivity contribution in [3.63, 3.8) is 0 Å². The van der Waals surface area contributed by atoms with E-state index in [2.05, 4.69) is 13.8 Å². The molecule has 4 nitrogen and oxygen atoms in total. The van der Waals surface area contributed by atoms with Crippen LogP contribution in [0.4, 0.5) is 5.69 Å². The van der Waals surface area contributed by atoms with Gasteiger partial charge in [0, 0.05) is 12.3 Å². The number of hydrogen-bond donors (Lipinski definition) is 2. The average molecular weight is 251 g/mol. The summed E-state index contributed by atoms with van der Waals surface area (Å²) in [4.78, 5) is 11.1. The number of carboxylic acid groups (broad SMARTS) is 1. The van der Waals surface area contributed by atoms with Gasteiger partial charge in [-0.15, -0.1) is 0 Å². The van der Waals surface area contributed by atoms with E-state index in [9.17, 15) is 4.79 Å². The topological polar surface area (TPSA) is 72.5 Å². The zero-order chi connectivity index (χ0) is 13.5. The van der Waals surface area contributed by atoms with Crippen molar-refractivity contribution in [2.45, 2.75) is 33.3 Å². The van der Waals surface area contributed by atoms with Gasteiger partial charge in [0.25, 0.3) is 0 Å². The van der Waals surface area contributed by atoms with Gasteiger partial charge < -0.3 is 15.6 Å². The van der Waals surface area contributed by atoms with E-state index in [-0.39, 0.29) is 11.3 Å². The second-order valence-electron chi connectivity index (χ2n) is 4.60. The number of hydrogen-bond acceptors (Lipinski definition) is 3. The first-order valence-corrected chi connectivity index (χ1v) is 6.24. The molecule has 0 amide bonds. The molecular formula is C14H21NO3. The molecule has 1 aromatic carbocycles. The van der Waals surface area contributed by atoms with E-state index in [1.165, 1.54) is 0 Å². The zero-order valence-electron chi connectivity index (χ0n) is 11.0. The maximum Gasteiger partial charge on any atom is 0.338 e. The summed E-state index contributed by atoms with van der Waals surface area (Å²) in [6.45, 7) is 5.19. The number of nitrogens with two attached hydrogens (primary N) is 1. The predicted molar refractivity (Wildman–Crippen MR) is 71.5 cm³/mol. The fraction of sp³-hybridized carbons (Fsp3) is 0.500. The molecule has 1 atom stereocenters. The molecule has 0 saturated heterocycles. The minimum absolute atomic E-state index is 0.153. The third kappa shape index (κ3) is 4.04. The largest absolute Gasteiger partial charge is 0.478 e. The van der Waals surface area contributed by atoms with E-state index in [0.29, 0.717) is 24.7 Å². The van der Waals surface area contributed by atoms with Crippen molar-refractivity contribution in [1.29, 1.82) is 0 Å². The second kappa shape index (κ2) is 7.01. The summed E-state index contributed by atoms with van der Waals surface area (Å²) < 4.78 is 5.56. The van der Waals surface area contributed by atoms with Crippen LogP contribution in [0.2, 0.25) is 0 Å². The maximum atomic E-state index is 11.1. The van der Waals surface area contributed by atoms with Gasteiger partial charge in [0.15, 0.2) is 0 Å². The van der Waals surface area contributed by atoms with Gasteiger partial charge in [-0.1, -0.05) is 32.4 Å². The third-order valence-electron chi connectivity index (χ3n) is 2.84. The van der Waals surface area contributed by atoms with Crippen LogP contribution in [0.5, 0.6) is 0 Å². The number of benzene rings is 1. The highest BCUT2D eigenvalue weighted by Crippen LogP contribution is 2.18. The van der Waals surface area contributed by atoms with Crippen molar-refractivity contribution in [3.05, 3.63) is 29.3 Å². The van der Waals surface area contributed by atoms with Crippen LogP contribution in [0.25, 0.3) is 0 Å². The molecular weight excluding hydrogens is 230 g/mol. The highest BCUT2D eigenvalue weighted by Gasteiger charge is 2.13. The normalized spacial score (nSPS) is 12.3. The van der Waals surface area contributed by atoms with Gasteiger partial charge in [-0.2, -0.15) is 0 Å². The lowest BCUT2D eigenvalue weighted by molar-refractivity contribution is 0.0678. The van der Waals surface area contributed by atoms with Crippen molar-refractivity contribution < 1.29 is 14.6 Å². The van der Waals surface area contributed by atoms with Crippen LogP contribution < -0.4 is 5.73 Å². The minimum atomic E-state index is -1.01. The average Bonchev–Trinajstić information content (AvgIpc) is 2.28. The number of carbonyl (C=O) groups is 1. The lowest BCUT2D eigenvalue weighted by atomic mass is 10.1. The van der Waals surface area contributed by atoms with Gasteiger partial charge >= 0.3 is 5.97 Å². The molecule has 0 aliphatic carbocycles. The Labute approximate surface area is 108 Å². The second-order valence-corrected chi connectivity index (χ2v) is 4.60. The smallest absolute Gasteiger partial charge is 0.338 e. The highest BCUT2D eigenvalue weighted by atomic mass is 16.5. The van der Waals surface area contributed by atoms with Gasteiger partial charge in [0.2, 0.25) is 0 Å². The van der Waals surface area contributed by atoms with Crippen LogP contribution in [0, 0.1) is 5.92 Å². The van der Waals surface area contributed by atoms with Crippen molar-refractivity contribution in [3.8, 4) is 0 Å². The number of carboxylic acids is 1. The summed E-state index contributed by atoms with van der Waals surface area (Å²) in [5, 5.41) is 9.10. The molecule has 1 rings (SSSR count). The Bertz CT molecular complexity index is 404. The first kappa shape index (κ1) is 14.5. The fourth-order valence-corrected chi connectivity index (χ4v) is 1.95. The van der Waals surface area contributed by atoms with Gasteiger partial charge in [0.05, 0.1) is 12.2 Å². The lowest BCUT2D eigenvalue weighted by Crippen LogP contribution is -2.10. The molecule has 0 fully saturated rings. The molecule has 4 heteroatoms. The summed E-state index contributed by atoms with van der Waals surface area (Å²) in [6.07, 6.45) is 2.24. The molecule has 0 aliphatic heterocycles. The Morgan fingerprint density at radius 3 is 2.83 bits per heavy atom. The number of anilines is 1. The summed E-state index contributed by atoms with van der Waals surface area (Å²) in [5.74, 6) is -0.516. The summed E-state index contributed by atoms with van der Waals surface area (Å²) in [5.41, 5.74) is 6.73. The van der Waals surface area contributed by atoms with Crippen molar-refractivity contribution in [1.82, 2.24) is 0 Å². The molecule has 3 N–H and O–H groups in total. The van der Waals surface area contributed by atoms with Crippen molar-refractivity contribution >= 4 is 11.7 Å².